The number of hydrogen-bond donors (Lipinski definition) is 1. The molecule has 0 spiro atoms. The first-order valence-corrected chi connectivity index (χ1v) is 9.42. The van der Waals surface area contributed by atoms with Gasteiger partial charge in [0.2, 0.25) is 5.91 Å². The van der Waals surface area contributed by atoms with Crippen molar-refractivity contribution in [1.29, 1.82) is 5.26 Å². The number of nitrogens with zero attached hydrogens (tertiary/aromatic N) is 2. The van der Waals surface area contributed by atoms with Crippen LogP contribution in [0, 0.1) is 32.1 Å². The van der Waals surface area contributed by atoms with Crippen molar-refractivity contribution in [3.63, 3.8) is 0 Å². The number of nitriles is 1. The van der Waals surface area contributed by atoms with Crippen LogP contribution in [-0.2, 0) is 16.9 Å². The Labute approximate surface area is 163 Å². The van der Waals surface area contributed by atoms with Crippen LogP contribution in [0.25, 0.3) is 0 Å². The van der Waals surface area contributed by atoms with Gasteiger partial charge < -0.3 is 9.88 Å². The van der Waals surface area contributed by atoms with Gasteiger partial charge in [-0.25, -0.2) is 4.39 Å². The van der Waals surface area contributed by atoms with Gasteiger partial charge >= 0.3 is 0 Å². The summed E-state index contributed by atoms with van der Waals surface area (Å²) in [4.78, 5) is 28.8. The summed E-state index contributed by atoms with van der Waals surface area (Å²) in [5.41, 5.74) is 1.77. The van der Waals surface area contributed by atoms with Crippen molar-refractivity contribution in [2.45, 2.75) is 45.7 Å². The Morgan fingerprint density at radius 1 is 1.32 bits per heavy atom. The number of aryl methyl sites for hydroxylation is 2. The fourth-order valence-corrected chi connectivity index (χ4v) is 4.09. The summed E-state index contributed by atoms with van der Waals surface area (Å²) in [5.74, 6) is -0.114. The van der Waals surface area contributed by atoms with Gasteiger partial charge in [0.05, 0.1) is 6.54 Å². The molecule has 28 heavy (non-hydrogen) atoms. The van der Waals surface area contributed by atoms with Crippen molar-refractivity contribution in [1.82, 2.24) is 9.88 Å². The summed E-state index contributed by atoms with van der Waals surface area (Å²) in [6, 6.07) is 9.30. The number of carbonyl (C=O) groups is 1. The lowest BCUT2D eigenvalue weighted by Gasteiger charge is -2.23. The Balaban J connectivity index is 1.72. The summed E-state index contributed by atoms with van der Waals surface area (Å²) in [7, 11) is 0. The maximum absolute atomic E-state index is 15.5. The van der Waals surface area contributed by atoms with E-state index in [1.807, 2.05) is 31.2 Å². The fraction of sp³-hybridized carbons (Fsp3) is 0.409. The summed E-state index contributed by atoms with van der Waals surface area (Å²) < 4.78 is 15.5. The summed E-state index contributed by atoms with van der Waals surface area (Å²) in [6.07, 6.45) is 0.906. The zero-order valence-corrected chi connectivity index (χ0v) is 16.4. The van der Waals surface area contributed by atoms with E-state index in [0.717, 1.165) is 11.1 Å². The first-order valence-electron chi connectivity index (χ1n) is 9.42. The Morgan fingerprint density at radius 2 is 2.04 bits per heavy atom. The summed E-state index contributed by atoms with van der Waals surface area (Å²) in [5, 5.41) is 9.17. The molecule has 2 aromatic rings. The van der Waals surface area contributed by atoms with E-state index in [4.69, 9.17) is 5.26 Å². The molecule has 0 saturated carbocycles. The number of likely N-dealkylation sites (tertiary alicyclic amines) is 1. The highest BCUT2D eigenvalue weighted by Gasteiger charge is 2.42. The molecule has 0 aliphatic carbocycles. The molecule has 1 atom stereocenters. The number of benzene rings is 1. The number of hydrogen-bond acceptors (Lipinski definition) is 3. The van der Waals surface area contributed by atoms with Crippen LogP contribution >= 0.6 is 0 Å². The van der Waals surface area contributed by atoms with Crippen LogP contribution in [0.1, 0.15) is 46.4 Å². The molecule has 0 radical (unpaired) electrons. The van der Waals surface area contributed by atoms with E-state index in [2.05, 4.69) is 4.98 Å². The molecule has 1 fully saturated rings. The minimum absolute atomic E-state index is 0.0592. The third kappa shape index (κ3) is 3.57. The normalized spacial score (nSPS) is 18.9. The Morgan fingerprint density at radius 3 is 2.71 bits per heavy atom. The third-order valence-electron chi connectivity index (χ3n) is 5.71. The number of nitrogens with one attached hydrogen (secondary N) is 1. The zero-order valence-electron chi connectivity index (χ0n) is 16.4. The van der Waals surface area contributed by atoms with Gasteiger partial charge in [-0.05, 0) is 49.4 Å². The molecule has 1 aromatic carbocycles. The monoisotopic (exact) mass is 381 g/mol. The van der Waals surface area contributed by atoms with E-state index in [1.165, 1.54) is 0 Å². The Bertz CT molecular complexity index is 1020. The number of halogens is 1. The number of carbonyl (C=O) groups excluding carboxylic acids is 1. The molecule has 0 bridgehead atoms. The average molecular weight is 381 g/mol. The zero-order chi connectivity index (χ0) is 20.5. The lowest BCUT2D eigenvalue weighted by molar-refractivity contribution is -0.130. The lowest BCUT2D eigenvalue weighted by atomic mass is 9.91. The predicted octanol–water partition coefficient (Wildman–Crippen LogP) is 3.20. The van der Waals surface area contributed by atoms with Crippen molar-refractivity contribution in [3.8, 4) is 6.07 Å². The SMILES string of the molecule is Cc1ccccc1C1(F)CCN(C(=O)CCc2c(C)[nH]c(=O)c(C#N)c2C)C1. The highest BCUT2D eigenvalue weighted by Crippen LogP contribution is 2.38. The third-order valence-corrected chi connectivity index (χ3v) is 5.71. The number of aromatic nitrogens is 1. The molecular weight excluding hydrogens is 357 g/mol. The van der Waals surface area contributed by atoms with Crippen LogP contribution in [0.2, 0.25) is 0 Å². The molecule has 6 heteroatoms. The van der Waals surface area contributed by atoms with Gasteiger partial charge in [-0.2, -0.15) is 5.26 Å². The van der Waals surface area contributed by atoms with Crippen molar-refractivity contribution >= 4 is 5.91 Å². The first-order chi connectivity index (χ1) is 13.3. The maximum atomic E-state index is 15.5. The van der Waals surface area contributed by atoms with Crippen LogP contribution < -0.4 is 5.56 Å². The van der Waals surface area contributed by atoms with Crippen LogP contribution in [0.5, 0.6) is 0 Å². The second-order valence-electron chi connectivity index (χ2n) is 7.52. The second kappa shape index (κ2) is 7.59. The molecule has 1 N–H and O–H groups in total. The molecule has 3 rings (SSSR count). The Kier molecular flexibility index (Phi) is 5.37. The van der Waals surface area contributed by atoms with E-state index >= 15 is 4.39 Å². The highest BCUT2D eigenvalue weighted by atomic mass is 19.1. The number of rotatable bonds is 4. The van der Waals surface area contributed by atoms with Gasteiger partial charge in [0, 0.05) is 25.1 Å². The lowest BCUT2D eigenvalue weighted by Crippen LogP contribution is -2.32. The van der Waals surface area contributed by atoms with Crippen molar-refractivity contribution in [3.05, 3.63) is 68.1 Å². The fourth-order valence-electron chi connectivity index (χ4n) is 4.09. The Hall–Kier alpha value is -2.94. The largest absolute Gasteiger partial charge is 0.339 e. The van der Waals surface area contributed by atoms with E-state index in [0.29, 0.717) is 36.2 Å². The molecule has 146 valence electrons. The van der Waals surface area contributed by atoms with Gasteiger partial charge in [0.15, 0.2) is 5.67 Å². The number of aromatic amines is 1. The maximum Gasteiger partial charge on any atom is 0.266 e. The van der Waals surface area contributed by atoms with E-state index in [-0.39, 0.29) is 24.4 Å². The average Bonchev–Trinajstić information content (AvgIpc) is 3.05. The number of amides is 1. The van der Waals surface area contributed by atoms with Gasteiger partial charge in [-0.15, -0.1) is 0 Å². The van der Waals surface area contributed by atoms with Crippen LogP contribution in [0.4, 0.5) is 4.39 Å². The second-order valence-corrected chi connectivity index (χ2v) is 7.52. The predicted molar refractivity (Wildman–Crippen MR) is 105 cm³/mol. The molecule has 1 aliphatic rings. The van der Waals surface area contributed by atoms with E-state index < -0.39 is 11.2 Å². The summed E-state index contributed by atoms with van der Waals surface area (Å²) >= 11 is 0. The standard InChI is InChI=1S/C22H24FN3O2/c1-14-6-4-5-7-19(14)22(23)10-11-26(13-22)20(27)9-8-17-15(2)18(12-24)21(28)25-16(17)3/h4-7H,8-11,13H2,1-3H3,(H,25,28). The van der Waals surface area contributed by atoms with Gasteiger partial charge in [0.25, 0.3) is 5.56 Å². The van der Waals surface area contributed by atoms with Crippen molar-refractivity contribution < 1.29 is 9.18 Å². The topological polar surface area (TPSA) is 77.0 Å². The van der Waals surface area contributed by atoms with E-state index in [9.17, 15) is 9.59 Å². The quantitative estimate of drug-likeness (QED) is 0.883. The first kappa shape index (κ1) is 19.8. The minimum atomic E-state index is -1.52. The molecule has 1 saturated heterocycles. The van der Waals surface area contributed by atoms with Gasteiger partial charge in [0.1, 0.15) is 11.6 Å². The molecule has 1 aliphatic heterocycles. The molecule has 1 amide bonds. The molecule has 1 aromatic heterocycles. The number of H-pyrrole nitrogens is 1. The van der Waals surface area contributed by atoms with Crippen LogP contribution in [0.15, 0.2) is 29.1 Å². The molecular formula is C22H24FN3O2. The minimum Gasteiger partial charge on any atom is -0.339 e. The molecule has 1 unspecified atom stereocenters. The number of pyridine rings is 1. The highest BCUT2D eigenvalue weighted by molar-refractivity contribution is 5.77. The van der Waals surface area contributed by atoms with Crippen LogP contribution in [0.3, 0.4) is 0 Å². The smallest absolute Gasteiger partial charge is 0.266 e. The van der Waals surface area contributed by atoms with Crippen LogP contribution in [-0.4, -0.2) is 28.9 Å². The van der Waals surface area contributed by atoms with Crippen molar-refractivity contribution in [2.75, 3.05) is 13.1 Å². The van der Waals surface area contributed by atoms with Crippen molar-refractivity contribution in [2.24, 2.45) is 0 Å². The molecule has 2 heterocycles. The van der Waals surface area contributed by atoms with Gasteiger partial charge in [-0.1, -0.05) is 24.3 Å². The molecule has 5 nitrogen and oxygen atoms in total. The number of alkyl halides is 1. The summed E-state index contributed by atoms with van der Waals surface area (Å²) in [6.45, 7) is 5.81. The van der Waals surface area contributed by atoms with E-state index in [1.54, 1.807) is 24.8 Å². The van der Waals surface area contributed by atoms with Gasteiger partial charge in [-0.3, -0.25) is 9.59 Å².